The van der Waals surface area contributed by atoms with Crippen molar-refractivity contribution >= 4 is 5.91 Å². The zero-order valence-electron chi connectivity index (χ0n) is 11.2. The van der Waals surface area contributed by atoms with E-state index in [2.05, 4.69) is 10.2 Å². The molecule has 0 radical (unpaired) electrons. The van der Waals surface area contributed by atoms with Crippen LogP contribution in [0.4, 0.5) is 0 Å². The Labute approximate surface area is 107 Å². The van der Waals surface area contributed by atoms with Gasteiger partial charge in [0.15, 0.2) is 0 Å². The van der Waals surface area contributed by atoms with E-state index in [-0.39, 0.29) is 11.9 Å². The molecule has 1 aromatic heterocycles. The van der Waals surface area contributed by atoms with Crippen molar-refractivity contribution in [3.8, 4) is 0 Å². The van der Waals surface area contributed by atoms with E-state index >= 15 is 0 Å². The Morgan fingerprint density at radius 1 is 1.67 bits per heavy atom. The lowest BCUT2D eigenvalue weighted by Crippen LogP contribution is -2.48. The Hall–Kier alpha value is -1.36. The Morgan fingerprint density at radius 3 is 2.94 bits per heavy atom. The minimum atomic E-state index is -0.865. The van der Waals surface area contributed by atoms with Gasteiger partial charge in [0.2, 0.25) is 0 Å². The molecule has 1 aromatic rings. The quantitative estimate of drug-likeness (QED) is 0.852. The van der Waals surface area contributed by atoms with Crippen molar-refractivity contribution < 1.29 is 9.90 Å². The topological polar surface area (TPSA) is 69.2 Å². The number of hydrogen-bond acceptors (Lipinski definition) is 3. The normalized spacial score (nSPS) is 20.4. The van der Waals surface area contributed by atoms with Gasteiger partial charge in [-0.2, -0.15) is 5.10 Å². The number of rotatable bonds is 3. The molecule has 5 heteroatoms. The average molecular weight is 251 g/mol. The molecule has 2 rings (SSSR count). The summed E-state index contributed by atoms with van der Waals surface area (Å²) in [6.45, 7) is 6.22. The summed E-state index contributed by atoms with van der Waals surface area (Å²) in [4.78, 5) is 14.1. The number of aryl methyl sites for hydroxylation is 1. The van der Waals surface area contributed by atoms with Crippen molar-refractivity contribution in [3.63, 3.8) is 0 Å². The van der Waals surface area contributed by atoms with Gasteiger partial charge in [0.1, 0.15) is 5.69 Å². The highest BCUT2D eigenvalue weighted by Crippen LogP contribution is 2.27. The molecule has 1 aliphatic heterocycles. The zero-order chi connectivity index (χ0) is 13.3. The molecule has 2 N–H and O–H groups in total. The first kappa shape index (κ1) is 13.1. The molecule has 2 heterocycles. The number of likely N-dealkylation sites (tertiary alicyclic amines) is 1. The van der Waals surface area contributed by atoms with Crippen LogP contribution in [0.5, 0.6) is 0 Å². The first-order chi connectivity index (χ1) is 8.43. The largest absolute Gasteiger partial charge is 0.388 e. The minimum Gasteiger partial charge on any atom is -0.388 e. The summed E-state index contributed by atoms with van der Waals surface area (Å²) < 4.78 is 0. The van der Waals surface area contributed by atoms with Crippen LogP contribution in [0.2, 0.25) is 0 Å². The van der Waals surface area contributed by atoms with E-state index < -0.39 is 5.60 Å². The first-order valence-corrected chi connectivity index (χ1v) is 6.51. The van der Waals surface area contributed by atoms with Gasteiger partial charge in [0.25, 0.3) is 5.91 Å². The fraction of sp³-hybridized carbons (Fsp3) is 0.692. The predicted octanol–water partition coefficient (Wildman–Crippen LogP) is 1.35. The van der Waals surface area contributed by atoms with E-state index in [1.54, 1.807) is 24.8 Å². The van der Waals surface area contributed by atoms with Crippen LogP contribution in [0.15, 0.2) is 6.07 Å². The number of nitrogens with zero attached hydrogens (tertiary/aromatic N) is 2. The van der Waals surface area contributed by atoms with Crippen molar-refractivity contribution in [1.82, 2.24) is 15.1 Å². The molecular weight excluding hydrogens is 230 g/mol. The molecule has 0 bridgehead atoms. The molecule has 1 atom stereocenters. The SMILES string of the molecule is CCc1cc(C(=O)N2CCCC2C(C)(C)O)n[nH]1. The maximum absolute atomic E-state index is 12.4. The summed E-state index contributed by atoms with van der Waals surface area (Å²) in [5.74, 6) is -0.0874. The number of H-pyrrole nitrogens is 1. The maximum atomic E-state index is 12.4. The Bertz CT molecular complexity index is 434. The smallest absolute Gasteiger partial charge is 0.274 e. The summed E-state index contributed by atoms with van der Waals surface area (Å²) in [6, 6.07) is 1.68. The van der Waals surface area contributed by atoms with Crippen LogP contribution in [0, 0.1) is 0 Å². The van der Waals surface area contributed by atoms with Gasteiger partial charge in [-0.25, -0.2) is 0 Å². The van der Waals surface area contributed by atoms with Crippen LogP contribution in [0.25, 0.3) is 0 Å². The number of nitrogens with one attached hydrogen (secondary N) is 1. The monoisotopic (exact) mass is 251 g/mol. The zero-order valence-corrected chi connectivity index (χ0v) is 11.2. The highest BCUT2D eigenvalue weighted by molar-refractivity contribution is 5.92. The van der Waals surface area contributed by atoms with Gasteiger partial charge in [-0.05, 0) is 39.2 Å². The molecule has 1 fully saturated rings. The van der Waals surface area contributed by atoms with Crippen LogP contribution in [-0.4, -0.2) is 44.3 Å². The van der Waals surface area contributed by atoms with Gasteiger partial charge in [0.05, 0.1) is 11.6 Å². The molecule has 18 heavy (non-hydrogen) atoms. The van der Waals surface area contributed by atoms with E-state index in [9.17, 15) is 9.90 Å². The lowest BCUT2D eigenvalue weighted by atomic mass is 9.96. The van der Waals surface area contributed by atoms with Gasteiger partial charge >= 0.3 is 0 Å². The summed E-state index contributed by atoms with van der Waals surface area (Å²) >= 11 is 0. The number of aromatic nitrogens is 2. The molecule has 5 nitrogen and oxygen atoms in total. The minimum absolute atomic E-state index is 0.0874. The molecule has 0 spiro atoms. The number of carbonyl (C=O) groups excluding carboxylic acids is 1. The average Bonchev–Trinajstić information content (AvgIpc) is 2.96. The number of hydrogen-bond donors (Lipinski definition) is 2. The third kappa shape index (κ3) is 2.41. The summed E-state index contributed by atoms with van der Waals surface area (Å²) in [5.41, 5.74) is 0.538. The van der Waals surface area contributed by atoms with Gasteiger partial charge in [0, 0.05) is 12.2 Å². The van der Waals surface area contributed by atoms with E-state index in [0.717, 1.165) is 25.0 Å². The molecule has 1 amide bonds. The second-order valence-corrected chi connectivity index (χ2v) is 5.44. The van der Waals surface area contributed by atoms with E-state index in [4.69, 9.17) is 0 Å². The molecule has 1 saturated heterocycles. The standard InChI is InChI=1S/C13H21N3O2/c1-4-9-8-10(15-14-9)12(17)16-7-5-6-11(16)13(2,3)18/h8,11,18H,4-7H2,1-3H3,(H,14,15). The predicted molar refractivity (Wildman–Crippen MR) is 68.3 cm³/mol. The Kier molecular flexibility index (Phi) is 3.43. The molecule has 1 aliphatic rings. The van der Waals surface area contributed by atoms with Crippen LogP contribution >= 0.6 is 0 Å². The fourth-order valence-electron chi connectivity index (χ4n) is 2.54. The summed E-state index contributed by atoms with van der Waals surface area (Å²) in [6.07, 6.45) is 2.61. The van der Waals surface area contributed by atoms with Crippen LogP contribution in [-0.2, 0) is 6.42 Å². The molecule has 0 saturated carbocycles. The molecule has 0 aliphatic carbocycles. The van der Waals surface area contributed by atoms with Crippen molar-refractivity contribution in [3.05, 3.63) is 17.5 Å². The third-order valence-corrected chi connectivity index (χ3v) is 3.56. The molecule has 100 valence electrons. The lowest BCUT2D eigenvalue weighted by molar-refractivity contribution is 0.000117. The third-order valence-electron chi connectivity index (χ3n) is 3.56. The van der Waals surface area contributed by atoms with Crippen LogP contribution in [0.1, 0.15) is 49.8 Å². The summed E-state index contributed by atoms with van der Waals surface area (Å²) in [7, 11) is 0. The van der Waals surface area contributed by atoms with Crippen molar-refractivity contribution in [2.45, 2.75) is 51.7 Å². The molecule has 0 aromatic carbocycles. The number of aromatic amines is 1. The van der Waals surface area contributed by atoms with Crippen molar-refractivity contribution in [1.29, 1.82) is 0 Å². The number of amides is 1. The maximum Gasteiger partial charge on any atom is 0.274 e. The van der Waals surface area contributed by atoms with Crippen LogP contribution in [0.3, 0.4) is 0 Å². The first-order valence-electron chi connectivity index (χ1n) is 6.51. The van der Waals surface area contributed by atoms with E-state index in [1.807, 2.05) is 6.92 Å². The second kappa shape index (κ2) is 4.72. The summed E-state index contributed by atoms with van der Waals surface area (Å²) in [5, 5.41) is 17.0. The highest BCUT2D eigenvalue weighted by atomic mass is 16.3. The highest BCUT2D eigenvalue weighted by Gasteiger charge is 2.39. The van der Waals surface area contributed by atoms with Gasteiger partial charge in [-0.15, -0.1) is 0 Å². The fourth-order valence-corrected chi connectivity index (χ4v) is 2.54. The van der Waals surface area contributed by atoms with Crippen LogP contribution < -0.4 is 0 Å². The Balaban J connectivity index is 2.18. The Morgan fingerprint density at radius 2 is 2.39 bits per heavy atom. The number of aliphatic hydroxyl groups is 1. The molecule has 1 unspecified atom stereocenters. The van der Waals surface area contributed by atoms with Crippen molar-refractivity contribution in [2.75, 3.05) is 6.54 Å². The van der Waals surface area contributed by atoms with Gasteiger partial charge in [-0.1, -0.05) is 6.92 Å². The molecular formula is C13H21N3O2. The van der Waals surface area contributed by atoms with E-state index in [1.165, 1.54) is 0 Å². The van der Waals surface area contributed by atoms with E-state index in [0.29, 0.717) is 12.2 Å². The number of carbonyl (C=O) groups is 1. The lowest BCUT2D eigenvalue weighted by Gasteiger charge is -2.33. The second-order valence-electron chi connectivity index (χ2n) is 5.44. The van der Waals surface area contributed by atoms with Gasteiger partial charge < -0.3 is 10.0 Å². The van der Waals surface area contributed by atoms with Gasteiger partial charge in [-0.3, -0.25) is 9.89 Å². The van der Waals surface area contributed by atoms with Crippen molar-refractivity contribution in [2.24, 2.45) is 0 Å².